The smallest absolute Gasteiger partial charge is 0.310 e. The summed E-state index contributed by atoms with van der Waals surface area (Å²) in [6.07, 6.45) is 2.69. The Hall–Kier alpha value is -3.88. The summed E-state index contributed by atoms with van der Waals surface area (Å²) < 4.78 is 1.63. The van der Waals surface area contributed by atoms with Gasteiger partial charge in [-0.25, -0.2) is 0 Å². The van der Waals surface area contributed by atoms with Gasteiger partial charge in [0.2, 0.25) is 0 Å². The first-order chi connectivity index (χ1) is 12.7. The van der Waals surface area contributed by atoms with E-state index < -0.39 is 4.92 Å². The van der Waals surface area contributed by atoms with Crippen molar-refractivity contribution in [2.45, 2.75) is 6.54 Å². The Balaban J connectivity index is 1.64. The van der Waals surface area contributed by atoms with Crippen molar-refractivity contribution in [2.24, 2.45) is 0 Å². The maximum atomic E-state index is 11.1. The zero-order valence-electron chi connectivity index (χ0n) is 13.5. The van der Waals surface area contributed by atoms with Gasteiger partial charge in [-0.15, -0.1) is 10.2 Å². The predicted octanol–water partition coefficient (Wildman–Crippen LogP) is 2.71. The molecular weight excluding hydrogens is 334 g/mol. The monoisotopic (exact) mass is 347 g/mol. The lowest BCUT2D eigenvalue weighted by Gasteiger charge is -2.06. The number of anilines is 1. The Morgan fingerprint density at radius 3 is 2.73 bits per heavy atom. The van der Waals surface area contributed by atoms with Crippen molar-refractivity contribution in [1.82, 2.24) is 24.8 Å². The molecule has 0 fully saturated rings. The molecule has 0 spiro atoms. The van der Waals surface area contributed by atoms with Gasteiger partial charge >= 0.3 is 5.69 Å². The van der Waals surface area contributed by atoms with Gasteiger partial charge in [-0.05, 0) is 18.2 Å². The van der Waals surface area contributed by atoms with E-state index >= 15 is 0 Å². The van der Waals surface area contributed by atoms with Gasteiger partial charge in [0.05, 0.1) is 17.2 Å². The summed E-state index contributed by atoms with van der Waals surface area (Å²) in [5.41, 5.74) is 2.63. The first-order valence-electron chi connectivity index (χ1n) is 7.81. The Kier molecular flexibility index (Phi) is 3.94. The number of nitrogens with one attached hydrogen (secondary N) is 1. The minimum absolute atomic E-state index is 0.0979. The van der Waals surface area contributed by atoms with Crippen molar-refractivity contribution in [3.05, 3.63) is 76.9 Å². The van der Waals surface area contributed by atoms with Crippen molar-refractivity contribution in [1.29, 1.82) is 0 Å². The highest BCUT2D eigenvalue weighted by Crippen LogP contribution is 2.22. The van der Waals surface area contributed by atoms with Crippen molar-refractivity contribution < 1.29 is 4.92 Å². The SMILES string of the molecule is O=[N+]([O-])c1cnccc1NCc1nnc2ccc(-c3ccccc3)nn12. The number of aromatic nitrogens is 5. The van der Waals surface area contributed by atoms with Crippen molar-refractivity contribution in [3.63, 3.8) is 0 Å². The lowest BCUT2D eigenvalue weighted by molar-refractivity contribution is -0.384. The van der Waals surface area contributed by atoms with Gasteiger partial charge < -0.3 is 5.32 Å². The molecule has 3 heterocycles. The van der Waals surface area contributed by atoms with Gasteiger partial charge in [0.1, 0.15) is 11.9 Å². The third-order valence-corrected chi connectivity index (χ3v) is 3.83. The molecule has 0 amide bonds. The number of nitro groups is 1. The van der Waals surface area contributed by atoms with Crippen LogP contribution >= 0.6 is 0 Å². The number of rotatable bonds is 5. The Labute approximate surface area is 147 Å². The summed E-state index contributed by atoms with van der Waals surface area (Å²) in [6.45, 7) is 0.233. The molecule has 9 heteroatoms. The lowest BCUT2D eigenvalue weighted by atomic mass is 10.1. The molecule has 4 aromatic rings. The van der Waals surface area contributed by atoms with Crippen LogP contribution < -0.4 is 5.32 Å². The highest BCUT2D eigenvalue weighted by Gasteiger charge is 2.14. The van der Waals surface area contributed by atoms with Gasteiger partial charge in [0.25, 0.3) is 0 Å². The fourth-order valence-electron chi connectivity index (χ4n) is 2.56. The molecule has 0 bridgehead atoms. The zero-order valence-corrected chi connectivity index (χ0v) is 13.5. The summed E-state index contributed by atoms with van der Waals surface area (Å²) in [5.74, 6) is 0.545. The quantitative estimate of drug-likeness (QED) is 0.436. The van der Waals surface area contributed by atoms with Gasteiger partial charge in [-0.3, -0.25) is 15.1 Å². The number of nitrogens with zero attached hydrogens (tertiary/aromatic N) is 6. The maximum absolute atomic E-state index is 11.1. The van der Waals surface area contributed by atoms with E-state index in [0.29, 0.717) is 17.2 Å². The summed E-state index contributed by atoms with van der Waals surface area (Å²) in [6, 6.07) is 15.0. The van der Waals surface area contributed by atoms with Crippen LogP contribution in [0.1, 0.15) is 5.82 Å². The molecule has 0 aliphatic carbocycles. The van der Waals surface area contributed by atoms with E-state index in [9.17, 15) is 10.1 Å². The molecule has 0 atom stereocenters. The van der Waals surface area contributed by atoms with Crippen LogP contribution in [0.2, 0.25) is 0 Å². The van der Waals surface area contributed by atoms with Gasteiger partial charge in [0.15, 0.2) is 11.5 Å². The van der Waals surface area contributed by atoms with Crippen LogP contribution in [0, 0.1) is 10.1 Å². The van der Waals surface area contributed by atoms with Crippen LogP contribution in [0.15, 0.2) is 60.9 Å². The zero-order chi connectivity index (χ0) is 17.9. The molecular formula is C17H13N7O2. The normalized spacial score (nSPS) is 10.8. The molecule has 4 rings (SSSR count). The Bertz CT molecular complexity index is 1080. The minimum atomic E-state index is -0.483. The van der Waals surface area contributed by atoms with E-state index in [1.54, 1.807) is 10.6 Å². The number of hydrogen-bond acceptors (Lipinski definition) is 7. The van der Waals surface area contributed by atoms with Crippen molar-refractivity contribution >= 4 is 17.0 Å². The summed E-state index contributed by atoms with van der Waals surface area (Å²) in [7, 11) is 0. The molecule has 0 saturated heterocycles. The molecule has 3 aromatic heterocycles. The van der Waals surface area contributed by atoms with Gasteiger partial charge in [-0.2, -0.15) is 9.61 Å². The molecule has 128 valence electrons. The summed E-state index contributed by atoms with van der Waals surface area (Å²) in [5, 5.41) is 26.9. The second kappa shape index (κ2) is 6.55. The molecule has 1 aromatic carbocycles. The lowest BCUT2D eigenvalue weighted by Crippen LogP contribution is -2.08. The molecule has 0 saturated carbocycles. The third kappa shape index (κ3) is 2.93. The van der Waals surface area contributed by atoms with E-state index in [1.807, 2.05) is 42.5 Å². The number of pyridine rings is 1. The number of fused-ring (bicyclic) bond motifs is 1. The first kappa shape index (κ1) is 15.6. The molecule has 1 N–H and O–H groups in total. The first-order valence-corrected chi connectivity index (χ1v) is 7.81. The molecule has 9 nitrogen and oxygen atoms in total. The second-order valence-electron chi connectivity index (χ2n) is 5.47. The minimum Gasteiger partial charge on any atom is -0.372 e. The fourth-order valence-corrected chi connectivity index (χ4v) is 2.56. The van der Waals surface area contributed by atoms with Crippen LogP contribution in [-0.2, 0) is 6.54 Å². The van der Waals surface area contributed by atoms with E-state index in [-0.39, 0.29) is 12.2 Å². The van der Waals surface area contributed by atoms with Crippen LogP contribution in [0.4, 0.5) is 11.4 Å². The van der Waals surface area contributed by atoms with Gasteiger partial charge in [0, 0.05) is 11.8 Å². The topological polar surface area (TPSA) is 111 Å². The van der Waals surface area contributed by atoms with Crippen molar-refractivity contribution in [3.8, 4) is 11.3 Å². The van der Waals surface area contributed by atoms with Crippen LogP contribution in [-0.4, -0.2) is 29.7 Å². The highest BCUT2D eigenvalue weighted by atomic mass is 16.6. The van der Waals surface area contributed by atoms with E-state index in [4.69, 9.17) is 0 Å². The van der Waals surface area contributed by atoms with Crippen LogP contribution in [0.25, 0.3) is 16.9 Å². The maximum Gasteiger partial charge on any atom is 0.310 e. The Morgan fingerprint density at radius 1 is 1.08 bits per heavy atom. The van der Waals surface area contributed by atoms with E-state index in [0.717, 1.165) is 11.3 Å². The average Bonchev–Trinajstić information content (AvgIpc) is 3.09. The summed E-state index contributed by atoms with van der Waals surface area (Å²) >= 11 is 0. The second-order valence-corrected chi connectivity index (χ2v) is 5.47. The van der Waals surface area contributed by atoms with Crippen LogP contribution in [0.3, 0.4) is 0 Å². The number of hydrogen-bond donors (Lipinski definition) is 1. The molecule has 0 aliphatic rings. The predicted molar refractivity (Wildman–Crippen MR) is 94.4 cm³/mol. The van der Waals surface area contributed by atoms with Crippen molar-refractivity contribution in [2.75, 3.05) is 5.32 Å². The fraction of sp³-hybridized carbons (Fsp3) is 0.0588. The molecule has 0 aliphatic heterocycles. The van der Waals surface area contributed by atoms with E-state index in [1.165, 1.54) is 12.4 Å². The third-order valence-electron chi connectivity index (χ3n) is 3.83. The molecule has 0 radical (unpaired) electrons. The van der Waals surface area contributed by atoms with E-state index in [2.05, 4.69) is 25.6 Å². The average molecular weight is 347 g/mol. The highest BCUT2D eigenvalue weighted by molar-refractivity contribution is 5.61. The summed E-state index contributed by atoms with van der Waals surface area (Å²) in [4.78, 5) is 14.4. The number of benzene rings is 1. The standard InChI is InChI=1S/C17H13N7O2/c25-24(26)15-10-18-9-8-14(15)19-11-17-21-20-16-7-6-13(22-23(16)17)12-4-2-1-3-5-12/h1-10H,11H2,(H,18,19). The van der Waals surface area contributed by atoms with Crippen LogP contribution in [0.5, 0.6) is 0 Å². The molecule has 26 heavy (non-hydrogen) atoms. The van der Waals surface area contributed by atoms with Gasteiger partial charge in [-0.1, -0.05) is 30.3 Å². The molecule has 0 unspecified atom stereocenters. The largest absolute Gasteiger partial charge is 0.372 e. The Morgan fingerprint density at radius 2 is 1.92 bits per heavy atom.